The van der Waals surface area contributed by atoms with E-state index in [0.29, 0.717) is 4.43 Å². The Morgan fingerprint density at radius 2 is 1.79 bits per heavy atom. The minimum atomic E-state index is -0.887. The number of nitriles is 1. The summed E-state index contributed by atoms with van der Waals surface area (Å²) >= 11 is 3.77. The molecule has 0 saturated carbocycles. The smallest absolute Gasteiger partial charge is 0.208 e. The van der Waals surface area contributed by atoms with E-state index in [1.165, 1.54) is 0 Å². The van der Waals surface area contributed by atoms with Crippen LogP contribution in [0.25, 0.3) is 0 Å². The highest BCUT2D eigenvalue weighted by Crippen LogP contribution is 2.22. The van der Waals surface area contributed by atoms with Gasteiger partial charge in [-0.1, -0.05) is 45.2 Å². The van der Waals surface area contributed by atoms with Crippen LogP contribution < -0.4 is 0 Å². The summed E-state index contributed by atoms with van der Waals surface area (Å²) in [5.41, 5.74) is -0.0413. The molecule has 0 radical (unpaired) electrons. The fraction of sp³-hybridized carbons (Fsp3) is 0.250. The monoisotopic (exact) mass is 420 g/mol. The average Bonchev–Trinajstić information content (AvgIpc) is 2.17. The van der Waals surface area contributed by atoms with Crippen molar-refractivity contribution in [2.75, 3.05) is 0 Å². The molecule has 0 fully saturated rings. The maximum Gasteiger partial charge on any atom is 0.221 e. The molecule has 0 amide bonds. The van der Waals surface area contributed by atoms with Crippen LogP contribution in [-0.2, 0) is 8.86 Å². The van der Waals surface area contributed by atoms with Crippen LogP contribution in [-0.4, -0.2) is 4.98 Å². The molecule has 14 heavy (non-hydrogen) atoms. The predicted molar refractivity (Wildman–Crippen MR) is 64.3 cm³/mol. The van der Waals surface area contributed by atoms with E-state index in [0.717, 1.165) is 0 Å². The van der Waals surface area contributed by atoms with Gasteiger partial charge in [0.25, 0.3) is 0 Å². The highest BCUT2D eigenvalue weighted by Gasteiger charge is 2.18. The first-order valence-electron chi connectivity index (χ1n) is 3.54. The van der Waals surface area contributed by atoms with E-state index < -0.39 is 11.8 Å². The Labute approximate surface area is 107 Å². The molecule has 0 spiro atoms. The van der Waals surface area contributed by atoms with Gasteiger partial charge in [0, 0.05) is 14.4 Å². The van der Waals surface area contributed by atoms with Crippen LogP contribution in [0.15, 0.2) is 0 Å². The number of pyridine rings is 1. The van der Waals surface area contributed by atoms with Gasteiger partial charge in [0.15, 0.2) is 5.69 Å². The van der Waals surface area contributed by atoms with Crippen LogP contribution in [0, 0.1) is 23.1 Å². The Morgan fingerprint density at radius 3 is 2.21 bits per heavy atom. The van der Waals surface area contributed by atoms with Gasteiger partial charge in [0.2, 0.25) is 5.95 Å². The van der Waals surface area contributed by atoms with Crippen LogP contribution in [0.2, 0.25) is 0 Å². The van der Waals surface area contributed by atoms with E-state index in [1.807, 2.05) is 45.2 Å². The normalized spacial score (nSPS) is 9.93. The summed E-state index contributed by atoms with van der Waals surface area (Å²) in [6, 6.07) is 1.68. The Bertz CT molecular complexity index is 401. The zero-order valence-corrected chi connectivity index (χ0v) is 11.1. The van der Waals surface area contributed by atoms with Crippen molar-refractivity contribution in [3.8, 4) is 6.07 Å². The lowest BCUT2D eigenvalue weighted by Crippen LogP contribution is -2.04. The van der Waals surface area contributed by atoms with Gasteiger partial charge in [-0.25, -0.2) is 9.37 Å². The van der Waals surface area contributed by atoms with Crippen LogP contribution in [0.1, 0.15) is 16.8 Å². The molecule has 0 saturated heterocycles. The zero-order valence-electron chi connectivity index (χ0n) is 6.82. The Hall–Kier alpha value is -0.0400. The minimum absolute atomic E-state index is 0.0590. The first kappa shape index (κ1) is 12.0. The third-order valence-corrected chi connectivity index (χ3v) is 3.17. The highest BCUT2D eigenvalue weighted by molar-refractivity contribution is 14.1. The summed E-state index contributed by atoms with van der Waals surface area (Å²) in [4.78, 5) is 3.42. The summed E-state index contributed by atoms with van der Waals surface area (Å²) in [5, 5.41) is 8.61. The van der Waals surface area contributed by atoms with Crippen molar-refractivity contribution < 1.29 is 8.78 Å². The molecule has 1 aromatic heterocycles. The van der Waals surface area contributed by atoms with Crippen molar-refractivity contribution in [1.82, 2.24) is 4.98 Å². The lowest BCUT2D eigenvalue weighted by atomic mass is 10.1. The number of rotatable bonds is 2. The van der Waals surface area contributed by atoms with Crippen molar-refractivity contribution in [2.45, 2.75) is 8.86 Å². The number of hydrogen-bond acceptors (Lipinski definition) is 2. The third kappa shape index (κ3) is 2.13. The van der Waals surface area contributed by atoms with Gasteiger partial charge in [0.05, 0.1) is 5.56 Å². The minimum Gasteiger partial charge on any atom is -0.208 e. The molecule has 6 heteroatoms. The van der Waals surface area contributed by atoms with Gasteiger partial charge in [-0.05, 0) is 0 Å². The number of hydrogen-bond donors (Lipinski definition) is 0. The molecular formula is C8H4F2I2N2. The second-order valence-electron chi connectivity index (χ2n) is 2.40. The first-order chi connectivity index (χ1) is 6.65. The van der Waals surface area contributed by atoms with E-state index in [4.69, 9.17) is 5.26 Å². The second kappa shape index (κ2) is 5.16. The van der Waals surface area contributed by atoms with Gasteiger partial charge >= 0.3 is 0 Å². The van der Waals surface area contributed by atoms with E-state index in [1.54, 1.807) is 6.07 Å². The van der Waals surface area contributed by atoms with Crippen LogP contribution in [0.3, 0.4) is 0 Å². The van der Waals surface area contributed by atoms with Gasteiger partial charge in [-0.3, -0.25) is 0 Å². The van der Waals surface area contributed by atoms with Crippen molar-refractivity contribution >= 4 is 45.2 Å². The molecule has 74 valence electrons. The molecule has 0 aliphatic rings. The van der Waals surface area contributed by atoms with Gasteiger partial charge in [0.1, 0.15) is 11.9 Å². The van der Waals surface area contributed by atoms with Gasteiger partial charge in [-0.2, -0.15) is 9.65 Å². The standard InChI is InChI=1S/C8H4F2I2N2/c9-7-4(1-11)6(3-13)14-8(10)5(7)2-12/h1-2H2. The van der Waals surface area contributed by atoms with E-state index in [2.05, 4.69) is 4.98 Å². The summed E-state index contributed by atoms with van der Waals surface area (Å²) in [7, 11) is 0. The Kier molecular flexibility index (Phi) is 4.43. The molecule has 0 bridgehead atoms. The number of halogens is 4. The Morgan fingerprint density at radius 1 is 1.21 bits per heavy atom. The number of alkyl halides is 2. The maximum atomic E-state index is 13.5. The van der Waals surface area contributed by atoms with Crippen LogP contribution in [0.4, 0.5) is 8.78 Å². The summed E-state index contributed by atoms with van der Waals surface area (Å²) in [6.07, 6.45) is 0. The van der Waals surface area contributed by atoms with Crippen molar-refractivity contribution in [3.63, 3.8) is 0 Å². The molecular weight excluding hydrogens is 416 g/mol. The highest BCUT2D eigenvalue weighted by atomic mass is 127. The zero-order chi connectivity index (χ0) is 10.7. The SMILES string of the molecule is N#Cc1nc(F)c(CI)c(F)c1CI. The van der Waals surface area contributed by atoms with E-state index >= 15 is 0 Å². The molecule has 0 N–H and O–H groups in total. The molecule has 2 nitrogen and oxygen atoms in total. The topological polar surface area (TPSA) is 36.7 Å². The van der Waals surface area contributed by atoms with Gasteiger partial charge < -0.3 is 0 Å². The van der Waals surface area contributed by atoms with E-state index in [-0.39, 0.29) is 21.2 Å². The molecule has 0 aromatic carbocycles. The van der Waals surface area contributed by atoms with Gasteiger partial charge in [-0.15, -0.1) is 0 Å². The van der Waals surface area contributed by atoms with Crippen LogP contribution >= 0.6 is 45.2 Å². The number of nitrogens with zero attached hydrogens (tertiary/aromatic N) is 2. The molecule has 0 atom stereocenters. The molecule has 1 heterocycles. The van der Waals surface area contributed by atoms with Crippen molar-refractivity contribution in [1.29, 1.82) is 5.26 Å². The largest absolute Gasteiger partial charge is 0.221 e. The van der Waals surface area contributed by atoms with Crippen molar-refractivity contribution in [2.24, 2.45) is 0 Å². The predicted octanol–water partition coefficient (Wildman–Crippen LogP) is 3.10. The Balaban J connectivity index is 3.49. The molecule has 0 unspecified atom stereocenters. The molecule has 1 aromatic rings. The van der Waals surface area contributed by atoms with Crippen molar-refractivity contribution in [3.05, 3.63) is 28.6 Å². The lowest BCUT2D eigenvalue weighted by Gasteiger charge is -2.06. The fourth-order valence-corrected chi connectivity index (χ4v) is 2.28. The third-order valence-electron chi connectivity index (χ3n) is 1.65. The maximum absolute atomic E-state index is 13.5. The molecule has 0 aliphatic heterocycles. The lowest BCUT2D eigenvalue weighted by molar-refractivity contribution is 0.529. The second-order valence-corrected chi connectivity index (χ2v) is 3.93. The molecule has 1 rings (SSSR count). The first-order valence-corrected chi connectivity index (χ1v) is 6.59. The summed E-state index contributed by atoms with van der Waals surface area (Å²) in [6.45, 7) is 0. The quantitative estimate of drug-likeness (QED) is 0.419. The van der Waals surface area contributed by atoms with E-state index in [9.17, 15) is 8.78 Å². The average molecular weight is 420 g/mol. The molecule has 0 aliphatic carbocycles. The fourth-order valence-electron chi connectivity index (χ4n) is 0.938. The van der Waals surface area contributed by atoms with Crippen LogP contribution in [0.5, 0.6) is 0 Å². The number of aromatic nitrogens is 1. The summed E-state index contributed by atoms with van der Waals surface area (Å²) in [5.74, 6) is -1.53. The summed E-state index contributed by atoms with van der Waals surface area (Å²) < 4.78 is 27.2.